The average Bonchev–Trinajstić information content (AvgIpc) is 2.04. The summed E-state index contributed by atoms with van der Waals surface area (Å²) in [7, 11) is 0. The first-order chi connectivity index (χ1) is 6.18. The fourth-order valence-electron chi connectivity index (χ4n) is 1.05. The van der Waals surface area contributed by atoms with Gasteiger partial charge in [0.15, 0.2) is 0 Å². The fraction of sp³-hybridized carbons (Fsp3) is 0.222. The van der Waals surface area contributed by atoms with Crippen LogP contribution in [0.4, 0.5) is 0 Å². The van der Waals surface area contributed by atoms with Gasteiger partial charge in [-0.1, -0.05) is 30.3 Å². The lowest BCUT2D eigenvalue weighted by Gasteiger charge is -1.98. The van der Waals surface area contributed by atoms with E-state index in [1.54, 1.807) is 0 Å². The van der Waals surface area contributed by atoms with Crippen molar-refractivity contribution in [1.29, 1.82) is 5.41 Å². The van der Waals surface area contributed by atoms with Crippen LogP contribution in [0.1, 0.15) is 5.56 Å². The van der Waals surface area contributed by atoms with Gasteiger partial charge in [0, 0.05) is 11.3 Å². The van der Waals surface area contributed by atoms with E-state index in [1.807, 2.05) is 30.3 Å². The number of nitrogens with zero attached hydrogens (tertiary/aromatic N) is 1. The van der Waals surface area contributed by atoms with Crippen LogP contribution in [0, 0.1) is 15.5 Å². The number of nitro groups is 1. The molecule has 0 bridgehead atoms. The average molecular weight is 178 g/mol. The largest absolute Gasteiger partial charge is 0.302 e. The highest BCUT2D eigenvalue weighted by atomic mass is 16.6. The second-order valence-corrected chi connectivity index (χ2v) is 2.76. The van der Waals surface area contributed by atoms with E-state index in [0.717, 1.165) is 5.56 Å². The minimum absolute atomic E-state index is 0.135. The van der Waals surface area contributed by atoms with Gasteiger partial charge in [0.1, 0.15) is 0 Å². The first-order valence-electron chi connectivity index (χ1n) is 3.90. The Balaban J connectivity index is 2.50. The Bertz CT molecular complexity index is 309. The molecule has 0 saturated carbocycles. The van der Waals surface area contributed by atoms with Crippen molar-refractivity contribution in [2.45, 2.75) is 6.42 Å². The lowest BCUT2D eigenvalue weighted by Crippen LogP contribution is -2.14. The molecule has 1 aromatic carbocycles. The molecule has 13 heavy (non-hydrogen) atoms. The van der Waals surface area contributed by atoms with Crippen molar-refractivity contribution in [2.24, 2.45) is 0 Å². The molecule has 0 spiro atoms. The van der Waals surface area contributed by atoms with Crippen molar-refractivity contribution in [3.63, 3.8) is 0 Å². The monoisotopic (exact) mass is 178 g/mol. The fourth-order valence-corrected chi connectivity index (χ4v) is 1.05. The lowest BCUT2D eigenvalue weighted by molar-refractivity contribution is -0.463. The van der Waals surface area contributed by atoms with Gasteiger partial charge in [-0.2, -0.15) is 0 Å². The molecule has 0 atom stereocenters. The molecule has 0 unspecified atom stereocenters. The molecule has 4 nitrogen and oxygen atoms in total. The minimum Gasteiger partial charge on any atom is -0.302 e. The van der Waals surface area contributed by atoms with Gasteiger partial charge in [0.05, 0.1) is 5.71 Å². The molecule has 0 fully saturated rings. The summed E-state index contributed by atoms with van der Waals surface area (Å²) in [5.74, 6) is 0. The van der Waals surface area contributed by atoms with E-state index < -0.39 is 4.92 Å². The molecule has 1 N–H and O–H groups in total. The second-order valence-electron chi connectivity index (χ2n) is 2.76. The van der Waals surface area contributed by atoms with Crippen molar-refractivity contribution in [1.82, 2.24) is 0 Å². The quantitative estimate of drug-likeness (QED) is 0.431. The summed E-state index contributed by atoms with van der Waals surface area (Å²) in [6.45, 7) is -0.366. The van der Waals surface area contributed by atoms with Crippen LogP contribution in [-0.4, -0.2) is 17.2 Å². The van der Waals surface area contributed by atoms with Crippen molar-refractivity contribution in [3.05, 3.63) is 46.0 Å². The molecule has 0 saturated heterocycles. The van der Waals surface area contributed by atoms with E-state index >= 15 is 0 Å². The van der Waals surface area contributed by atoms with Crippen LogP contribution < -0.4 is 0 Å². The van der Waals surface area contributed by atoms with Crippen LogP contribution in [-0.2, 0) is 6.42 Å². The van der Waals surface area contributed by atoms with Gasteiger partial charge >= 0.3 is 0 Å². The molecule has 1 rings (SSSR count). The molecule has 0 aliphatic heterocycles. The smallest absolute Gasteiger partial charge is 0.241 e. The topological polar surface area (TPSA) is 67.0 Å². The van der Waals surface area contributed by atoms with Crippen LogP contribution >= 0.6 is 0 Å². The van der Waals surface area contributed by atoms with Gasteiger partial charge < -0.3 is 5.41 Å². The normalized spacial score (nSPS) is 9.54. The van der Waals surface area contributed by atoms with Crippen LogP contribution in [0.5, 0.6) is 0 Å². The van der Waals surface area contributed by atoms with Gasteiger partial charge in [-0.15, -0.1) is 0 Å². The van der Waals surface area contributed by atoms with Crippen LogP contribution in [0.2, 0.25) is 0 Å². The maximum atomic E-state index is 10.1. The Labute approximate surface area is 75.9 Å². The third kappa shape index (κ3) is 3.46. The molecule has 4 heteroatoms. The van der Waals surface area contributed by atoms with E-state index in [4.69, 9.17) is 5.41 Å². The highest BCUT2D eigenvalue weighted by molar-refractivity contribution is 5.84. The summed E-state index contributed by atoms with van der Waals surface area (Å²) < 4.78 is 0. The van der Waals surface area contributed by atoms with Crippen LogP contribution in [0.15, 0.2) is 30.3 Å². The van der Waals surface area contributed by atoms with E-state index in [2.05, 4.69) is 0 Å². The first kappa shape index (κ1) is 9.38. The Morgan fingerprint density at radius 2 is 2.00 bits per heavy atom. The Kier molecular flexibility index (Phi) is 3.14. The third-order valence-electron chi connectivity index (χ3n) is 1.58. The van der Waals surface area contributed by atoms with Gasteiger partial charge in [-0.25, -0.2) is 0 Å². The molecule has 0 aliphatic carbocycles. The molecule has 0 radical (unpaired) electrons. The summed E-state index contributed by atoms with van der Waals surface area (Å²) >= 11 is 0. The number of hydrogen-bond acceptors (Lipinski definition) is 3. The van der Waals surface area contributed by atoms with Crippen molar-refractivity contribution in [3.8, 4) is 0 Å². The standard InChI is InChI=1S/C9H10N2O2/c10-9(7-11(12)13)6-8-4-2-1-3-5-8/h1-5,10H,6-7H2. The van der Waals surface area contributed by atoms with Gasteiger partial charge in [-0.3, -0.25) is 10.1 Å². The summed E-state index contributed by atoms with van der Waals surface area (Å²) in [5, 5.41) is 17.4. The minimum atomic E-state index is -0.481. The molecule has 0 aliphatic rings. The maximum Gasteiger partial charge on any atom is 0.241 e. The zero-order chi connectivity index (χ0) is 9.68. The SMILES string of the molecule is N=C(Cc1ccccc1)C[N+](=O)[O-]. The predicted octanol–water partition coefficient (Wildman–Crippen LogP) is 1.53. The van der Waals surface area contributed by atoms with Crippen LogP contribution in [0.3, 0.4) is 0 Å². The summed E-state index contributed by atoms with van der Waals surface area (Å²) in [5.41, 5.74) is 1.07. The van der Waals surface area contributed by atoms with Gasteiger partial charge in [0.2, 0.25) is 6.54 Å². The highest BCUT2D eigenvalue weighted by Crippen LogP contribution is 2.00. The molecule has 68 valence electrons. The second kappa shape index (κ2) is 4.35. The molecule has 1 aromatic rings. The van der Waals surface area contributed by atoms with Crippen molar-refractivity contribution >= 4 is 5.71 Å². The Morgan fingerprint density at radius 1 is 1.38 bits per heavy atom. The predicted molar refractivity (Wildman–Crippen MR) is 49.7 cm³/mol. The van der Waals surface area contributed by atoms with Crippen molar-refractivity contribution in [2.75, 3.05) is 6.54 Å². The summed E-state index contributed by atoms with van der Waals surface area (Å²) in [4.78, 5) is 9.58. The Morgan fingerprint density at radius 3 is 2.54 bits per heavy atom. The van der Waals surface area contributed by atoms with Gasteiger partial charge in [-0.05, 0) is 5.56 Å². The lowest BCUT2D eigenvalue weighted by atomic mass is 10.1. The molecule has 0 aromatic heterocycles. The zero-order valence-electron chi connectivity index (χ0n) is 7.06. The molecular weight excluding hydrogens is 168 g/mol. The summed E-state index contributed by atoms with van der Waals surface area (Å²) in [6, 6.07) is 9.30. The molecular formula is C9H10N2O2. The van der Waals surface area contributed by atoms with E-state index in [1.165, 1.54) is 0 Å². The van der Waals surface area contributed by atoms with Gasteiger partial charge in [0.25, 0.3) is 0 Å². The number of hydrogen-bond donors (Lipinski definition) is 1. The molecule has 0 amide bonds. The highest BCUT2D eigenvalue weighted by Gasteiger charge is 2.05. The van der Waals surface area contributed by atoms with Crippen molar-refractivity contribution < 1.29 is 4.92 Å². The first-order valence-corrected chi connectivity index (χ1v) is 3.90. The number of rotatable bonds is 4. The van der Waals surface area contributed by atoms with Crippen LogP contribution in [0.25, 0.3) is 0 Å². The number of nitrogens with one attached hydrogen (secondary N) is 1. The van der Waals surface area contributed by atoms with E-state index in [9.17, 15) is 10.1 Å². The summed E-state index contributed by atoms with van der Waals surface area (Å²) in [6.07, 6.45) is 0.363. The number of benzene rings is 1. The Hall–Kier alpha value is -1.71. The maximum absolute atomic E-state index is 10.1. The third-order valence-corrected chi connectivity index (χ3v) is 1.58. The van der Waals surface area contributed by atoms with E-state index in [0.29, 0.717) is 6.42 Å². The zero-order valence-corrected chi connectivity index (χ0v) is 7.06. The molecule has 0 heterocycles. The van der Waals surface area contributed by atoms with E-state index in [-0.39, 0.29) is 12.3 Å².